The van der Waals surface area contributed by atoms with Gasteiger partial charge in [-0.1, -0.05) is 11.6 Å². The van der Waals surface area contributed by atoms with Gasteiger partial charge in [0.2, 0.25) is 5.88 Å². The first-order valence-corrected chi connectivity index (χ1v) is 5.96. The zero-order valence-electron chi connectivity index (χ0n) is 11.1. The molecule has 0 saturated heterocycles. The van der Waals surface area contributed by atoms with E-state index in [1.54, 1.807) is 11.6 Å². The molecule has 0 bridgehead atoms. The maximum Gasteiger partial charge on any atom is 0.227 e. The third kappa shape index (κ3) is 2.18. The second-order valence-corrected chi connectivity index (χ2v) is 4.58. The van der Waals surface area contributed by atoms with Gasteiger partial charge in [-0.25, -0.2) is 4.98 Å². The van der Waals surface area contributed by atoms with Gasteiger partial charge in [-0.2, -0.15) is 10.1 Å². The average molecular weight is 267 g/mol. The number of aromatic nitrogens is 4. The average Bonchev–Trinajstić information content (AvgIpc) is 2.52. The monoisotopic (exact) mass is 266 g/mol. The van der Waals surface area contributed by atoms with Crippen molar-refractivity contribution in [1.82, 2.24) is 19.7 Å². The minimum atomic E-state index is 0.414. The molecule has 0 aromatic carbocycles. The van der Waals surface area contributed by atoms with E-state index in [1.165, 1.54) is 0 Å². The zero-order valence-corrected chi connectivity index (χ0v) is 11.8. The van der Waals surface area contributed by atoms with E-state index >= 15 is 0 Å². The number of rotatable bonds is 2. The molecule has 0 radical (unpaired) electrons. The summed E-state index contributed by atoms with van der Waals surface area (Å²) in [6.07, 6.45) is 0. The summed E-state index contributed by atoms with van der Waals surface area (Å²) in [5.41, 5.74) is 2.49. The maximum absolute atomic E-state index is 6.02. The van der Waals surface area contributed by atoms with Gasteiger partial charge in [0.1, 0.15) is 16.7 Å². The molecule has 0 saturated carbocycles. The Bertz CT molecular complexity index is 607. The van der Waals surface area contributed by atoms with Crippen molar-refractivity contribution < 1.29 is 4.74 Å². The van der Waals surface area contributed by atoms with Crippen LogP contribution in [0.15, 0.2) is 0 Å². The van der Waals surface area contributed by atoms with Crippen LogP contribution in [0.5, 0.6) is 11.6 Å². The van der Waals surface area contributed by atoms with Gasteiger partial charge in [-0.05, 0) is 27.7 Å². The quantitative estimate of drug-likeness (QED) is 0.785. The number of halogens is 1. The van der Waals surface area contributed by atoms with E-state index < -0.39 is 0 Å². The molecule has 0 aliphatic rings. The molecule has 0 spiro atoms. The van der Waals surface area contributed by atoms with Crippen molar-refractivity contribution in [3.05, 3.63) is 27.9 Å². The van der Waals surface area contributed by atoms with E-state index in [1.807, 2.05) is 27.8 Å². The Morgan fingerprint density at radius 1 is 1.11 bits per heavy atom. The third-order valence-corrected chi connectivity index (χ3v) is 3.16. The lowest BCUT2D eigenvalue weighted by atomic mass is 10.3. The number of aryl methyl sites for hydroxylation is 3. The van der Waals surface area contributed by atoms with Gasteiger partial charge in [0, 0.05) is 12.6 Å². The topological polar surface area (TPSA) is 52.8 Å². The highest BCUT2D eigenvalue weighted by atomic mass is 35.5. The summed E-state index contributed by atoms with van der Waals surface area (Å²) in [5.74, 6) is 1.78. The van der Waals surface area contributed by atoms with E-state index in [9.17, 15) is 0 Å². The molecule has 96 valence electrons. The van der Waals surface area contributed by atoms with Crippen molar-refractivity contribution in [2.24, 2.45) is 7.05 Å². The van der Waals surface area contributed by atoms with E-state index in [2.05, 4.69) is 15.1 Å². The predicted octanol–water partition coefficient (Wildman–Crippen LogP) is 2.89. The van der Waals surface area contributed by atoms with Crippen molar-refractivity contribution >= 4 is 11.6 Å². The summed E-state index contributed by atoms with van der Waals surface area (Å²) in [5, 5.41) is 4.71. The molecule has 0 unspecified atom stereocenters. The molecular weight excluding hydrogens is 252 g/mol. The van der Waals surface area contributed by atoms with Crippen molar-refractivity contribution in [2.45, 2.75) is 27.7 Å². The van der Waals surface area contributed by atoms with E-state index in [-0.39, 0.29) is 0 Å². The fourth-order valence-electron chi connectivity index (χ4n) is 1.67. The van der Waals surface area contributed by atoms with Crippen LogP contribution in [0.1, 0.15) is 22.8 Å². The Morgan fingerprint density at radius 3 is 2.33 bits per heavy atom. The zero-order chi connectivity index (χ0) is 13.4. The first-order valence-electron chi connectivity index (χ1n) is 5.59. The minimum absolute atomic E-state index is 0.414. The smallest absolute Gasteiger partial charge is 0.227 e. The van der Waals surface area contributed by atoms with E-state index in [4.69, 9.17) is 16.3 Å². The molecule has 5 nitrogen and oxygen atoms in total. The first-order chi connectivity index (χ1) is 8.40. The summed E-state index contributed by atoms with van der Waals surface area (Å²) >= 11 is 6.02. The predicted molar refractivity (Wildman–Crippen MR) is 69.3 cm³/mol. The molecule has 0 fully saturated rings. The highest BCUT2D eigenvalue weighted by molar-refractivity contribution is 6.30. The minimum Gasteiger partial charge on any atom is -0.435 e. The van der Waals surface area contributed by atoms with Gasteiger partial charge in [0.15, 0.2) is 5.75 Å². The number of hydrogen-bond donors (Lipinski definition) is 0. The SMILES string of the molecule is Cc1nc(Cl)c(C)c(Oc2c(C)nn(C)c2C)n1. The second kappa shape index (κ2) is 4.57. The fraction of sp³-hybridized carbons (Fsp3) is 0.417. The van der Waals surface area contributed by atoms with Crippen LogP contribution in [-0.2, 0) is 7.05 Å². The lowest BCUT2D eigenvalue weighted by Crippen LogP contribution is -1.99. The Hall–Kier alpha value is -1.62. The molecule has 0 atom stereocenters. The largest absolute Gasteiger partial charge is 0.435 e. The Kier molecular flexibility index (Phi) is 3.26. The molecule has 2 rings (SSSR count). The molecule has 0 aliphatic heterocycles. The van der Waals surface area contributed by atoms with E-state index in [0.29, 0.717) is 16.9 Å². The molecule has 6 heteroatoms. The molecule has 18 heavy (non-hydrogen) atoms. The fourth-order valence-corrected chi connectivity index (χ4v) is 1.87. The number of ether oxygens (including phenoxy) is 1. The lowest BCUT2D eigenvalue weighted by molar-refractivity contribution is 0.448. The van der Waals surface area contributed by atoms with Crippen molar-refractivity contribution in [2.75, 3.05) is 0 Å². The van der Waals surface area contributed by atoms with Crippen molar-refractivity contribution in [3.63, 3.8) is 0 Å². The molecule has 0 aliphatic carbocycles. The van der Waals surface area contributed by atoms with Crippen LogP contribution in [0.3, 0.4) is 0 Å². The summed E-state index contributed by atoms with van der Waals surface area (Å²) in [6, 6.07) is 0. The number of hydrogen-bond acceptors (Lipinski definition) is 4. The molecular formula is C12H15ClN4O. The van der Waals surface area contributed by atoms with Crippen LogP contribution in [0.4, 0.5) is 0 Å². The van der Waals surface area contributed by atoms with Gasteiger partial charge in [-0.15, -0.1) is 0 Å². The van der Waals surface area contributed by atoms with Gasteiger partial charge >= 0.3 is 0 Å². The lowest BCUT2D eigenvalue weighted by Gasteiger charge is -2.09. The molecule has 2 aromatic rings. The molecule has 0 N–H and O–H groups in total. The molecule has 2 aromatic heterocycles. The van der Waals surface area contributed by atoms with Gasteiger partial charge in [0.05, 0.1) is 5.69 Å². The van der Waals surface area contributed by atoms with Crippen LogP contribution >= 0.6 is 11.6 Å². The summed E-state index contributed by atoms with van der Waals surface area (Å²) < 4.78 is 7.61. The standard InChI is InChI=1S/C12H15ClN4O/c1-6-11(13)14-9(4)15-12(6)18-10-7(2)16-17(5)8(10)3/h1-5H3. The van der Waals surface area contributed by atoms with Gasteiger partial charge < -0.3 is 4.74 Å². The Labute approximate surface area is 111 Å². The van der Waals surface area contributed by atoms with Crippen LogP contribution in [-0.4, -0.2) is 19.7 Å². The van der Waals surface area contributed by atoms with Crippen LogP contribution < -0.4 is 4.74 Å². The second-order valence-electron chi connectivity index (χ2n) is 4.22. The normalized spacial score (nSPS) is 10.8. The maximum atomic E-state index is 6.02. The van der Waals surface area contributed by atoms with Crippen LogP contribution in [0.25, 0.3) is 0 Å². The molecule has 2 heterocycles. The van der Waals surface area contributed by atoms with Gasteiger partial charge in [-0.3, -0.25) is 4.68 Å². The number of nitrogens with zero attached hydrogens (tertiary/aromatic N) is 4. The van der Waals surface area contributed by atoms with Crippen molar-refractivity contribution in [3.8, 4) is 11.6 Å². The highest BCUT2D eigenvalue weighted by Crippen LogP contribution is 2.30. The van der Waals surface area contributed by atoms with Gasteiger partial charge in [0.25, 0.3) is 0 Å². The Balaban J connectivity index is 2.46. The van der Waals surface area contributed by atoms with Crippen molar-refractivity contribution in [1.29, 1.82) is 0 Å². The molecule has 0 amide bonds. The summed E-state index contributed by atoms with van der Waals surface area (Å²) in [4.78, 5) is 8.34. The van der Waals surface area contributed by atoms with Crippen LogP contribution in [0.2, 0.25) is 5.15 Å². The van der Waals surface area contributed by atoms with E-state index in [0.717, 1.165) is 22.7 Å². The summed E-state index contributed by atoms with van der Waals surface area (Å²) in [7, 11) is 1.88. The Morgan fingerprint density at radius 2 is 1.78 bits per heavy atom. The van der Waals surface area contributed by atoms with Crippen LogP contribution in [0, 0.1) is 27.7 Å². The first kappa shape index (κ1) is 12.8. The summed E-state index contributed by atoms with van der Waals surface area (Å²) in [6.45, 7) is 7.45. The third-order valence-electron chi connectivity index (χ3n) is 2.79. The highest BCUT2D eigenvalue weighted by Gasteiger charge is 2.15.